The van der Waals surface area contributed by atoms with Crippen LogP contribution in [0.2, 0.25) is 0 Å². The molecule has 0 aliphatic rings. The van der Waals surface area contributed by atoms with Crippen LogP contribution >= 0.6 is 0 Å². The molecule has 0 aromatic heterocycles. The van der Waals surface area contributed by atoms with Crippen molar-refractivity contribution in [2.75, 3.05) is 13.2 Å². The number of aliphatic hydroxyl groups is 3. The van der Waals surface area contributed by atoms with E-state index < -0.39 is 67.2 Å². The van der Waals surface area contributed by atoms with Crippen LogP contribution in [0.15, 0.2) is 0 Å². The second-order valence-electron chi connectivity index (χ2n) is 6.47. The number of aliphatic carboxylic acids is 1. The lowest BCUT2D eigenvalue weighted by Crippen LogP contribution is -2.61. The van der Waals surface area contributed by atoms with E-state index in [0.29, 0.717) is 6.42 Å². The van der Waals surface area contributed by atoms with Gasteiger partial charge in [0.05, 0.1) is 19.3 Å². The van der Waals surface area contributed by atoms with Gasteiger partial charge in [-0.2, -0.15) is 0 Å². The van der Waals surface area contributed by atoms with E-state index >= 15 is 0 Å². The summed E-state index contributed by atoms with van der Waals surface area (Å²) >= 11 is 0. The van der Waals surface area contributed by atoms with Crippen molar-refractivity contribution in [3.8, 4) is 0 Å². The molecule has 0 aliphatic carbocycles. The molecule has 0 aromatic rings. The van der Waals surface area contributed by atoms with Crippen molar-refractivity contribution in [3.63, 3.8) is 0 Å². The van der Waals surface area contributed by atoms with Gasteiger partial charge in [0.1, 0.15) is 24.2 Å². The maximum atomic E-state index is 12.6. The highest BCUT2D eigenvalue weighted by atomic mass is 16.4. The van der Waals surface area contributed by atoms with Gasteiger partial charge < -0.3 is 42.1 Å². The van der Waals surface area contributed by atoms with Crippen LogP contribution in [-0.4, -0.2) is 87.6 Å². The molecule has 0 rings (SSSR count). The summed E-state index contributed by atoms with van der Waals surface area (Å²) in [7, 11) is 0. The Bertz CT molecular complexity index is 557. The summed E-state index contributed by atoms with van der Waals surface area (Å²) in [5.41, 5.74) is 5.43. The molecule has 0 aliphatic heterocycles. The smallest absolute Gasteiger partial charge is 0.328 e. The number of carboxylic acid groups (broad SMARTS) is 1. The van der Waals surface area contributed by atoms with E-state index in [1.807, 2.05) is 5.32 Å². The van der Waals surface area contributed by atoms with E-state index in [1.54, 1.807) is 13.8 Å². The zero-order chi connectivity index (χ0) is 22.0. The predicted octanol–water partition coefficient (Wildman–Crippen LogP) is -3.74. The van der Waals surface area contributed by atoms with Gasteiger partial charge in [-0.1, -0.05) is 20.3 Å². The molecule has 6 unspecified atom stereocenters. The van der Waals surface area contributed by atoms with Crippen molar-refractivity contribution < 1.29 is 39.6 Å². The van der Waals surface area contributed by atoms with Gasteiger partial charge in [-0.3, -0.25) is 14.4 Å². The van der Waals surface area contributed by atoms with Gasteiger partial charge in [0, 0.05) is 0 Å². The number of nitrogens with one attached hydrogen (secondary N) is 3. The predicted molar refractivity (Wildman–Crippen MR) is 96.7 cm³/mol. The molecule has 12 nitrogen and oxygen atoms in total. The highest BCUT2D eigenvalue weighted by Crippen LogP contribution is 2.09. The number of carboxylic acids is 1. The fraction of sp³-hybridized carbons (Fsp3) is 0.750. The fourth-order valence-corrected chi connectivity index (χ4v) is 2.14. The minimum Gasteiger partial charge on any atom is -0.480 e. The van der Waals surface area contributed by atoms with Crippen LogP contribution in [0.3, 0.4) is 0 Å². The third kappa shape index (κ3) is 7.76. The molecular formula is C16H30N4O8. The van der Waals surface area contributed by atoms with E-state index in [-0.39, 0.29) is 5.92 Å². The lowest BCUT2D eigenvalue weighted by Gasteiger charge is -2.28. The lowest BCUT2D eigenvalue weighted by atomic mass is 9.97. The number of hydrogen-bond donors (Lipinski definition) is 8. The van der Waals surface area contributed by atoms with Gasteiger partial charge in [-0.25, -0.2) is 4.79 Å². The average molecular weight is 406 g/mol. The van der Waals surface area contributed by atoms with Crippen molar-refractivity contribution in [2.24, 2.45) is 11.7 Å². The average Bonchev–Trinajstić information content (AvgIpc) is 2.65. The molecule has 9 N–H and O–H groups in total. The van der Waals surface area contributed by atoms with Crippen LogP contribution in [0.5, 0.6) is 0 Å². The van der Waals surface area contributed by atoms with E-state index in [0.717, 1.165) is 0 Å². The molecule has 6 atom stereocenters. The summed E-state index contributed by atoms with van der Waals surface area (Å²) in [5, 5.41) is 43.3. The Balaban J connectivity index is 5.36. The Morgan fingerprint density at radius 3 is 1.79 bits per heavy atom. The van der Waals surface area contributed by atoms with Gasteiger partial charge in [0.15, 0.2) is 0 Å². The minimum absolute atomic E-state index is 0.378. The summed E-state index contributed by atoms with van der Waals surface area (Å²) in [4.78, 5) is 47.7. The summed E-state index contributed by atoms with van der Waals surface area (Å²) in [5.74, 6) is -4.46. The molecule has 3 amide bonds. The molecule has 0 aromatic carbocycles. The van der Waals surface area contributed by atoms with E-state index in [4.69, 9.17) is 21.1 Å². The first-order valence-electron chi connectivity index (χ1n) is 8.79. The van der Waals surface area contributed by atoms with Crippen LogP contribution in [-0.2, 0) is 19.2 Å². The summed E-state index contributed by atoms with van der Waals surface area (Å²) < 4.78 is 0. The van der Waals surface area contributed by atoms with E-state index in [1.165, 1.54) is 6.92 Å². The van der Waals surface area contributed by atoms with Crippen molar-refractivity contribution in [3.05, 3.63) is 0 Å². The van der Waals surface area contributed by atoms with E-state index in [2.05, 4.69) is 10.6 Å². The maximum absolute atomic E-state index is 12.6. The molecule has 12 heteroatoms. The standard InChI is InChI=1S/C16H30N4O8/c1-4-7(2)11(19-13(24)9(17)5-21)14(25)20-12(8(3)23)15(26)18-10(6-22)16(27)28/h7-12,21-23H,4-6,17H2,1-3H3,(H,18,26)(H,19,24)(H,20,25)(H,27,28). The van der Waals surface area contributed by atoms with Gasteiger partial charge in [-0.15, -0.1) is 0 Å². The van der Waals surface area contributed by atoms with Crippen LogP contribution in [0.4, 0.5) is 0 Å². The SMILES string of the molecule is CCC(C)C(NC(=O)C(N)CO)C(=O)NC(C(=O)NC(CO)C(=O)O)C(C)O. The molecule has 0 fully saturated rings. The van der Waals surface area contributed by atoms with Gasteiger partial charge in [-0.05, 0) is 12.8 Å². The summed E-state index contributed by atoms with van der Waals surface area (Å²) in [6, 6.07) is -5.50. The third-order valence-electron chi connectivity index (χ3n) is 4.19. The van der Waals surface area contributed by atoms with Gasteiger partial charge >= 0.3 is 5.97 Å². The number of amides is 3. The number of rotatable bonds is 12. The Morgan fingerprint density at radius 2 is 1.39 bits per heavy atom. The summed E-state index contributed by atoms with van der Waals surface area (Å²) in [6.07, 6.45) is -0.922. The zero-order valence-electron chi connectivity index (χ0n) is 16.1. The monoisotopic (exact) mass is 406 g/mol. The van der Waals surface area contributed by atoms with Crippen LogP contribution in [0, 0.1) is 5.92 Å². The normalized spacial score (nSPS) is 17.4. The minimum atomic E-state index is -1.61. The van der Waals surface area contributed by atoms with Crippen molar-refractivity contribution in [2.45, 2.75) is 57.5 Å². The molecule has 0 saturated carbocycles. The first-order valence-corrected chi connectivity index (χ1v) is 8.79. The van der Waals surface area contributed by atoms with Crippen molar-refractivity contribution >= 4 is 23.7 Å². The second kappa shape index (κ2) is 12.2. The zero-order valence-corrected chi connectivity index (χ0v) is 16.1. The highest BCUT2D eigenvalue weighted by Gasteiger charge is 2.34. The number of aliphatic hydroxyl groups excluding tert-OH is 3. The lowest BCUT2D eigenvalue weighted by molar-refractivity contribution is -0.144. The quantitative estimate of drug-likeness (QED) is 0.160. The Morgan fingerprint density at radius 1 is 0.893 bits per heavy atom. The maximum Gasteiger partial charge on any atom is 0.328 e. The fourth-order valence-electron chi connectivity index (χ4n) is 2.14. The third-order valence-corrected chi connectivity index (χ3v) is 4.19. The van der Waals surface area contributed by atoms with Crippen molar-refractivity contribution in [1.29, 1.82) is 0 Å². The van der Waals surface area contributed by atoms with Crippen molar-refractivity contribution in [1.82, 2.24) is 16.0 Å². The molecule has 0 spiro atoms. The molecule has 28 heavy (non-hydrogen) atoms. The van der Waals surface area contributed by atoms with Gasteiger partial charge in [0.25, 0.3) is 0 Å². The molecule has 0 heterocycles. The van der Waals surface area contributed by atoms with Crippen LogP contribution < -0.4 is 21.7 Å². The molecule has 162 valence electrons. The van der Waals surface area contributed by atoms with Crippen LogP contribution in [0.25, 0.3) is 0 Å². The Labute approximate surface area is 162 Å². The largest absolute Gasteiger partial charge is 0.480 e. The number of nitrogens with two attached hydrogens (primary N) is 1. The first kappa shape index (κ1) is 25.7. The molecular weight excluding hydrogens is 376 g/mol. The topological polar surface area (TPSA) is 211 Å². The Hall–Kier alpha value is -2.28. The molecule has 0 bridgehead atoms. The number of hydrogen-bond acceptors (Lipinski definition) is 8. The first-order chi connectivity index (χ1) is 13.0. The number of carbonyl (C=O) groups excluding carboxylic acids is 3. The molecule has 0 radical (unpaired) electrons. The second-order valence-corrected chi connectivity index (χ2v) is 6.47. The molecule has 0 saturated heterocycles. The Kier molecular flexibility index (Phi) is 11.2. The highest BCUT2D eigenvalue weighted by molar-refractivity contribution is 5.94. The number of carbonyl (C=O) groups is 4. The van der Waals surface area contributed by atoms with E-state index in [9.17, 15) is 24.3 Å². The van der Waals surface area contributed by atoms with Gasteiger partial charge in [0.2, 0.25) is 17.7 Å². The summed E-state index contributed by atoms with van der Waals surface area (Å²) in [6.45, 7) is 3.13. The van der Waals surface area contributed by atoms with Crippen LogP contribution in [0.1, 0.15) is 27.2 Å².